The first-order valence-electron chi connectivity index (χ1n) is 23.9. The van der Waals surface area contributed by atoms with Crippen LogP contribution < -0.4 is 0 Å². The van der Waals surface area contributed by atoms with E-state index in [2.05, 4.69) is 51.3 Å². The summed E-state index contributed by atoms with van der Waals surface area (Å²) in [6.45, 7) is 17.4. The van der Waals surface area contributed by atoms with E-state index >= 15 is 0 Å². The van der Waals surface area contributed by atoms with Crippen LogP contribution in [0.15, 0.2) is 0 Å². The number of rotatable bonds is 42. The van der Waals surface area contributed by atoms with Gasteiger partial charge in [-0.2, -0.15) is 0 Å². The maximum Gasteiger partial charge on any atom is 0.508 e. The van der Waals surface area contributed by atoms with Crippen molar-refractivity contribution in [2.45, 2.75) is 233 Å². The molecule has 0 aliphatic rings. The first-order chi connectivity index (χ1) is 26.8. The molecule has 0 bridgehead atoms. The van der Waals surface area contributed by atoms with Gasteiger partial charge in [0.05, 0.1) is 13.2 Å². The second kappa shape index (κ2) is 40.8. The smallest absolute Gasteiger partial charge is 0.464 e. The first kappa shape index (κ1) is 53.6. The molecule has 0 saturated carbocycles. The van der Waals surface area contributed by atoms with Crippen molar-refractivity contribution in [3.8, 4) is 0 Å². The van der Waals surface area contributed by atoms with E-state index < -0.39 is 6.16 Å². The lowest BCUT2D eigenvalue weighted by Gasteiger charge is -2.29. The van der Waals surface area contributed by atoms with Gasteiger partial charge in [-0.25, -0.2) is 4.79 Å². The Bertz CT molecular complexity index is 827. The summed E-state index contributed by atoms with van der Waals surface area (Å²) in [5, 5.41) is 9.17. The molecule has 0 aromatic carbocycles. The molecule has 328 valence electrons. The van der Waals surface area contributed by atoms with E-state index in [-0.39, 0.29) is 31.3 Å². The second-order valence-corrected chi connectivity index (χ2v) is 16.7. The molecule has 0 aromatic heterocycles. The van der Waals surface area contributed by atoms with Gasteiger partial charge < -0.3 is 19.3 Å². The van der Waals surface area contributed by atoms with E-state index in [1.165, 1.54) is 141 Å². The molecular weight excluding hydrogens is 689 g/mol. The molecule has 0 amide bonds. The molecule has 0 fully saturated rings. The zero-order valence-electron chi connectivity index (χ0n) is 37.6. The standard InChI is InChI=1S/C47H94N2O6/c1-7-11-14-17-19-21-22-24-26-28-33-44(32-27-25-23-20-18-15-12-8-2)42-54-46(51)41-48(10-4)36-37-49(43(5)6)38-40-53-47(52)55-45(35-30-31-39-50)34-29-16-13-9-3/h43-45,50H,7-42H2,1-6H3. The average molecular weight is 783 g/mol. The van der Waals surface area contributed by atoms with Crippen molar-refractivity contribution < 1.29 is 28.9 Å². The van der Waals surface area contributed by atoms with Crippen molar-refractivity contribution in [2.24, 2.45) is 5.92 Å². The van der Waals surface area contributed by atoms with Gasteiger partial charge in [-0.3, -0.25) is 14.6 Å². The lowest BCUT2D eigenvalue weighted by molar-refractivity contribution is -0.146. The zero-order valence-corrected chi connectivity index (χ0v) is 37.6. The molecular formula is C47H94N2O6. The van der Waals surface area contributed by atoms with Crippen molar-refractivity contribution in [3.63, 3.8) is 0 Å². The number of carbonyl (C=O) groups is 2. The summed E-state index contributed by atoms with van der Waals surface area (Å²) in [7, 11) is 0. The van der Waals surface area contributed by atoms with Crippen LogP contribution in [0.1, 0.15) is 221 Å². The van der Waals surface area contributed by atoms with Crippen LogP contribution in [0.2, 0.25) is 0 Å². The van der Waals surface area contributed by atoms with Crippen molar-refractivity contribution in [2.75, 3.05) is 52.5 Å². The molecule has 0 rings (SSSR count). The molecule has 55 heavy (non-hydrogen) atoms. The Labute approximate surface area is 342 Å². The van der Waals surface area contributed by atoms with Crippen molar-refractivity contribution in [1.82, 2.24) is 9.80 Å². The minimum Gasteiger partial charge on any atom is -0.464 e. The molecule has 8 heteroatoms. The van der Waals surface area contributed by atoms with Gasteiger partial charge in [-0.15, -0.1) is 0 Å². The Morgan fingerprint density at radius 2 is 1.00 bits per heavy atom. The number of aliphatic hydroxyl groups excluding tert-OH is 1. The summed E-state index contributed by atoms with van der Waals surface area (Å²) in [4.78, 5) is 30.1. The summed E-state index contributed by atoms with van der Waals surface area (Å²) in [6.07, 6.45) is 33.4. The van der Waals surface area contributed by atoms with E-state index in [0.717, 1.165) is 58.2 Å². The number of carbonyl (C=O) groups excluding carboxylic acids is 2. The first-order valence-corrected chi connectivity index (χ1v) is 23.9. The highest BCUT2D eigenvalue weighted by molar-refractivity contribution is 5.71. The van der Waals surface area contributed by atoms with E-state index in [4.69, 9.17) is 14.2 Å². The van der Waals surface area contributed by atoms with Gasteiger partial charge in [-0.1, -0.05) is 163 Å². The van der Waals surface area contributed by atoms with E-state index in [9.17, 15) is 14.7 Å². The van der Waals surface area contributed by atoms with Gasteiger partial charge in [0, 0.05) is 32.3 Å². The summed E-state index contributed by atoms with van der Waals surface area (Å²) in [5.74, 6) is 0.351. The van der Waals surface area contributed by atoms with Crippen LogP contribution in [0.4, 0.5) is 4.79 Å². The largest absolute Gasteiger partial charge is 0.508 e. The van der Waals surface area contributed by atoms with E-state index in [1.54, 1.807) is 0 Å². The lowest BCUT2D eigenvalue weighted by Crippen LogP contribution is -2.42. The summed E-state index contributed by atoms with van der Waals surface area (Å²) in [5.41, 5.74) is 0. The third-order valence-electron chi connectivity index (χ3n) is 11.3. The van der Waals surface area contributed by atoms with Crippen LogP contribution in [-0.2, 0) is 19.0 Å². The molecule has 0 spiro atoms. The molecule has 0 heterocycles. The molecule has 0 saturated heterocycles. The SMILES string of the molecule is CCCCCCCCCCCCC(CCCCCCCCCC)COC(=O)CN(CC)CCN(CCOC(=O)OC(CCCCO)CCCCCC)C(C)C. The summed E-state index contributed by atoms with van der Waals surface area (Å²) in [6, 6.07) is 0.276. The summed E-state index contributed by atoms with van der Waals surface area (Å²) >= 11 is 0. The highest BCUT2D eigenvalue weighted by Gasteiger charge is 2.19. The molecule has 2 unspecified atom stereocenters. The quantitative estimate of drug-likeness (QED) is 0.0484. The highest BCUT2D eigenvalue weighted by Crippen LogP contribution is 2.21. The molecule has 0 radical (unpaired) electrons. The van der Waals surface area contributed by atoms with E-state index in [0.29, 0.717) is 25.6 Å². The Morgan fingerprint density at radius 3 is 1.47 bits per heavy atom. The van der Waals surface area contributed by atoms with Crippen molar-refractivity contribution in [1.29, 1.82) is 0 Å². The minimum atomic E-state index is -0.597. The van der Waals surface area contributed by atoms with Crippen LogP contribution >= 0.6 is 0 Å². The van der Waals surface area contributed by atoms with E-state index in [1.807, 2.05) is 0 Å². The lowest BCUT2D eigenvalue weighted by atomic mass is 9.94. The normalized spacial score (nSPS) is 12.8. The molecule has 2 atom stereocenters. The number of esters is 1. The number of aliphatic hydroxyl groups is 1. The Hall–Kier alpha value is -1.38. The fourth-order valence-electron chi connectivity index (χ4n) is 7.45. The van der Waals surface area contributed by atoms with Gasteiger partial charge in [0.1, 0.15) is 12.7 Å². The molecule has 0 aliphatic heterocycles. The van der Waals surface area contributed by atoms with Crippen molar-refractivity contribution >= 4 is 12.1 Å². The van der Waals surface area contributed by atoms with Gasteiger partial charge in [0.2, 0.25) is 0 Å². The third-order valence-corrected chi connectivity index (χ3v) is 11.3. The molecule has 1 N–H and O–H groups in total. The monoisotopic (exact) mass is 783 g/mol. The number of nitrogens with zero attached hydrogens (tertiary/aromatic N) is 2. The van der Waals surface area contributed by atoms with Crippen LogP contribution in [0.3, 0.4) is 0 Å². The fourth-order valence-corrected chi connectivity index (χ4v) is 7.45. The highest BCUT2D eigenvalue weighted by atomic mass is 16.7. The predicted molar refractivity (Wildman–Crippen MR) is 233 cm³/mol. The van der Waals surface area contributed by atoms with Gasteiger partial charge >= 0.3 is 12.1 Å². The number of hydrogen-bond donors (Lipinski definition) is 1. The van der Waals surface area contributed by atoms with Crippen LogP contribution in [0.25, 0.3) is 0 Å². The zero-order chi connectivity index (χ0) is 40.6. The van der Waals surface area contributed by atoms with Crippen LogP contribution in [0.5, 0.6) is 0 Å². The maximum atomic E-state index is 13.1. The number of unbranched alkanes of at least 4 members (excludes halogenated alkanes) is 20. The molecule has 8 nitrogen and oxygen atoms in total. The molecule has 0 aromatic rings. The number of ether oxygens (including phenoxy) is 3. The third kappa shape index (κ3) is 35.5. The van der Waals surface area contributed by atoms with Gasteiger partial charge in [-0.05, 0) is 71.3 Å². The maximum absolute atomic E-state index is 13.1. The Balaban J connectivity index is 4.74. The van der Waals surface area contributed by atoms with Gasteiger partial charge in [0.25, 0.3) is 0 Å². The second-order valence-electron chi connectivity index (χ2n) is 16.7. The predicted octanol–water partition coefficient (Wildman–Crippen LogP) is 12.7. The fraction of sp³-hybridized carbons (Fsp3) is 0.957. The minimum absolute atomic E-state index is 0.115. The number of hydrogen-bond acceptors (Lipinski definition) is 8. The topological polar surface area (TPSA) is 88.5 Å². The number of likely N-dealkylation sites (N-methyl/N-ethyl adjacent to an activating group) is 1. The Morgan fingerprint density at radius 1 is 0.545 bits per heavy atom. The Kier molecular flexibility index (Phi) is 39.8. The van der Waals surface area contributed by atoms with Gasteiger partial charge in [0.15, 0.2) is 0 Å². The summed E-state index contributed by atoms with van der Waals surface area (Å²) < 4.78 is 17.2. The van der Waals surface area contributed by atoms with Crippen LogP contribution in [-0.4, -0.2) is 91.7 Å². The average Bonchev–Trinajstić information content (AvgIpc) is 3.17. The molecule has 0 aliphatic carbocycles. The van der Waals surface area contributed by atoms with Crippen molar-refractivity contribution in [3.05, 3.63) is 0 Å². The van der Waals surface area contributed by atoms with Crippen LogP contribution in [0, 0.1) is 5.92 Å².